The van der Waals surface area contributed by atoms with Gasteiger partial charge in [-0.1, -0.05) is 25.1 Å². The van der Waals surface area contributed by atoms with Crippen LogP contribution in [0.5, 0.6) is 0 Å². The Labute approximate surface area is 160 Å². The highest BCUT2D eigenvalue weighted by Gasteiger charge is 2.10. The normalized spacial score (nSPS) is 10.4. The van der Waals surface area contributed by atoms with Gasteiger partial charge in [0.2, 0.25) is 0 Å². The van der Waals surface area contributed by atoms with Crippen molar-refractivity contribution in [3.8, 4) is 0 Å². The Morgan fingerprint density at radius 2 is 1.85 bits per heavy atom. The summed E-state index contributed by atoms with van der Waals surface area (Å²) in [7, 11) is 2.00. The molecule has 2 heterocycles. The SMILES string of the molecule is CCc1ccccc1NC(=O)c1ccc(N(C)CCc2ccncc2)nc1. The molecule has 1 amide bonds. The molecule has 0 atom stereocenters. The molecule has 2 aromatic heterocycles. The second kappa shape index (κ2) is 8.94. The topological polar surface area (TPSA) is 58.1 Å². The smallest absolute Gasteiger partial charge is 0.257 e. The highest BCUT2D eigenvalue weighted by molar-refractivity contribution is 6.04. The van der Waals surface area contributed by atoms with Gasteiger partial charge in [-0.3, -0.25) is 9.78 Å². The molecule has 0 saturated heterocycles. The summed E-state index contributed by atoms with van der Waals surface area (Å²) < 4.78 is 0. The van der Waals surface area contributed by atoms with E-state index in [1.807, 2.05) is 55.6 Å². The monoisotopic (exact) mass is 360 g/mol. The van der Waals surface area contributed by atoms with Crippen molar-refractivity contribution in [3.05, 3.63) is 83.8 Å². The van der Waals surface area contributed by atoms with Crippen LogP contribution in [0, 0.1) is 0 Å². The van der Waals surface area contributed by atoms with Crippen LogP contribution in [0.2, 0.25) is 0 Å². The van der Waals surface area contributed by atoms with Crippen LogP contribution < -0.4 is 10.2 Å². The summed E-state index contributed by atoms with van der Waals surface area (Å²) in [5.74, 6) is 0.698. The van der Waals surface area contributed by atoms with E-state index < -0.39 is 0 Å². The number of nitrogens with zero attached hydrogens (tertiary/aromatic N) is 3. The standard InChI is InChI=1S/C22H24N4O/c1-3-18-6-4-5-7-20(18)25-22(27)19-8-9-21(24-16-19)26(2)15-12-17-10-13-23-14-11-17/h4-11,13-14,16H,3,12,15H2,1-2H3,(H,25,27). The Morgan fingerprint density at radius 3 is 2.56 bits per heavy atom. The zero-order valence-electron chi connectivity index (χ0n) is 15.7. The fourth-order valence-electron chi connectivity index (χ4n) is 2.85. The Morgan fingerprint density at radius 1 is 1.07 bits per heavy atom. The van der Waals surface area contributed by atoms with E-state index in [0.29, 0.717) is 5.56 Å². The lowest BCUT2D eigenvalue weighted by Gasteiger charge is -2.18. The summed E-state index contributed by atoms with van der Waals surface area (Å²) in [6.07, 6.45) is 7.02. The molecule has 27 heavy (non-hydrogen) atoms. The third-order valence-corrected chi connectivity index (χ3v) is 4.53. The van der Waals surface area contributed by atoms with Gasteiger partial charge in [-0.2, -0.15) is 0 Å². The van der Waals surface area contributed by atoms with Crippen molar-refractivity contribution in [2.45, 2.75) is 19.8 Å². The molecular weight excluding hydrogens is 336 g/mol. The minimum atomic E-state index is -0.144. The molecule has 0 aliphatic rings. The number of carbonyl (C=O) groups excluding carboxylic acids is 1. The maximum absolute atomic E-state index is 12.5. The van der Waals surface area contributed by atoms with Gasteiger partial charge in [0.05, 0.1) is 5.56 Å². The molecule has 0 saturated carbocycles. The van der Waals surface area contributed by atoms with Crippen LogP contribution in [0.4, 0.5) is 11.5 Å². The number of aryl methyl sites for hydroxylation is 1. The molecule has 0 aliphatic heterocycles. The number of hydrogen-bond acceptors (Lipinski definition) is 4. The maximum Gasteiger partial charge on any atom is 0.257 e. The van der Waals surface area contributed by atoms with Crippen LogP contribution in [-0.4, -0.2) is 29.5 Å². The van der Waals surface area contributed by atoms with E-state index >= 15 is 0 Å². The zero-order chi connectivity index (χ0) is 19.1. The van der Waals surface area contributed by atoms with Crippen molar-refractivity contribution in [1.29, 1.82) is 0 Å². The number of para-hydroxylation sites is 1. The van der Waals surface area contributed by atoms with Crippen molar-refractivity contribution < 1.29 is 4.79 Å². The number of hydrogen-bond donors (Lipinski definition) is 1. The molecule has 5 nitrogen and oxygen atoms in total. The van der Waals surface area contributed by atoms with Crippen LogP contribution >= 0.6 is 0 Å². The largest absolute Gasteiger partial charge is 0.359 e. The molecule has 1 N–H and O–H groups in total. The lowest BCUT2D eigenvalue weighted by atomic mass is 10.1. The summed E-state index contributed by atoms with van der Waals surface area (Å²) in [4.78, 5) is 23.1. The molecular formula is C22H24N4O. The van der Waals surface area contributed by atoms with Crippen LogP contribution in [0.25, 0.3) is 0 Å². The Bertz CT molecular complexity index is 878. The van der Waals surface area contributed by atoms with E-state index in [9.17, 15) is 4.79 Å². The van der Waals surface area contributed by atoms with Crippen molar-refractivity contribution >= 4 is 17.4 Å². The zero-order valence-corrected chi connectivity index (χ0v) is 15.7. The molecule has 0 fully saturated rings. The van der Waals surface area contributed by atoms with Crippen LogP contribution in [-0.2, 0) is 12.8 Å². The maximum atomic E-state index is 12.5. The van der Waals surface area contributed by atoms with Crippen molar-refractivity contribution in [3.63, 3.8) is 0 Å². The van der Waals surface area contributed by atoms with E-state index in [4.69, 9.17) is 0 Å². The average molecular weight is 360 g/mol. The van der Waals surface area contributed by atoms with Crippen molar-refractivity contribution in [1.82, 2.24) is 9.97 Å². The highest BCUT2D eigenvalue weighted by Crippen LogP contribution is 2.17. The number of likely N-dealkylation sites (N-methyl/N-ethyl adjacent to an activating group) is 1. The molecule has 0 unspecified atom stereocenters. The minimum Gasteiger partial charge on any atom is -0.359 e. The summed E-state index contributed by atoms with van der Waals surface area (Å²) >= 11 is 0. The van der Waals surface area contributed by atoms with E-state index in [2.05, 4.69) is 27.1 Å². The fourth-order valence-corrected chi connectivity index (χ4v) is 2.85. The van der Waals surface area contributed by atoms with E-state index in [1.54, 1.807) is 18.6 Å². The Hall–Kier alpha value is -3.21. The summed E-state index contributed by atoms with van der Waals surface area (Å²) in [6.45, 7) is 2.91. The molecule has 0 bridgehead atoms. The molecule has 0 spiro atoms. The predicted molar refractivity (Wildman–Crippen MR) is 109 cm³/mol. The van der Waals surface area contributed by atoms with E-state index in [0.717, 1.165) is 36.5 Å². The first kappa shape index (κ1) is 18.6. The first-order chi connectivity index (χ1) is 13.2. The first-order valence-electron chi connectivity index (χ1n) is 9.12. The molecule has 138 valence electrons. The lowest BCUT2D eigenvalue weighted by Crippen LogP contribution is -2.22. The third kappa shape index (κ3) is 4.91. The molecule has 3 rings (SSSR count). The number of rotatable bonds is 7. The molecule has 5 heteroatoms. The highest BCUT2D eigenvalue weighted by atomic mass is 16.1. The second-order valence-corrected chi connectivity index (χ2v) is 6.40. The predicted octanol–water partition coefficient (Wildman–Crippen LogP) is 3.97. The Balaban J connectivity index is 1.61. The van der Waals surface area contributed by atoms with E-state index in [1.165, 1.54) is 5.56 Å². The van der Waals surface area contributed by atoms with Gasteiger partial charge in [-0.25, -0.2) is 4.98 Å². The number of amides is 1. The first-order valence-corrected chi connectivity index (χ1v) is 9.12. The van der Waals surface area contributed by atoms with E-state index in [-0.39, 0.29) is 5.91 Å². The number of nitrogens with one attached hydrogen (secondary N) is 1. The minimum absolute atomic E-state index is 0.144. The number of anilines is 2. The van der Waals surface area contributed by atoms with Gasteiger partial charge < -0.3 is 10.2 Å². The van der Waals surface area contributed by atoms with Gasteiger partial charge in [0.15, 0.2) is 0 Å². The number of pyridine rings is 2. The van der Waals surface area contributed by atoms with Gasteiger partial charge in [0.1, 0.15) is 5.82 Å². The quantitative estimate of drug-likeness (QED) is 0.693. The van der Waals surface area contributed by atoms with Gasteiger partial charge >= 0.3 is 0 Å². The van der Waals surface area contributed by atoms with Crippen LogP contribution in [0.15, 0.2) is 67.1 Å². The molecule has 3 aromatic rings. The Kier molecular flexibility index (Phi) is 6.15. The van der Waals surface area contributed by atoms with Crippen LogP contribution in [0.3, 0.4) is 0 Å². The molecule has 0 radical (unpaired) electrons. The molecule has 0 aliphatic carbocycles. The number of benzene rings is 1. The summed E-state index contributed by atoms with van der Waals surface area (Å²) in [5, 5.41) is 2.97. The fraction of sp³-hybridized carbons (Fsp3) is 0.227. The molecule has 1 aromatic carbocycles. The van der Waals surface area contributed by atoms with Gasteiger partial charge in [-0.05, 0) is 54.3 Å². The second-order valence-electron chi connectivity index (χ2n) is 6.40. The number of carbonyl (C=O) groups is 1. The van der Waals surface area contributed by atoms with Gasteiger partial charge in [0.25, 0.3) is 5.91 Å². The summed E-state index contributed by atoms with van der Waals surface area (Å²) in [5.41, 5.74) is 3.75. The third-order valence-electron chi connectivity index (χ3n) is 4.53. The van der Waals surface area contributed by atoms with Crippen LogP contribution in [0.1, 0.15) is 28.4 Å². The van der Waals surface area contributed by atoms with Crippen molar-refractivity contribution in [2.24, 2.45) is 0 Å². The average Bonchev–Trinajstić information content (AvgIpc) is 2.73. The summed E-state index contributed by atoms with van der Waals surface area (Å²) in [6, 6.07) is 15.6. The van der Waals surface area contributed by atoms with Crippen molar-refractivity contribution in [2.75, 3.05) is 23.8 Å². The lowest BCUT2D eigenvalue weighted by molar-refractivity contribution is 0.102. The van der Waals surface area contributed by atoms with Gasteiger partial charge in [0, 0.05) is 37.9 Å². The number of aromatic nitrogens is 2. The van der Waals surface area contributed by atoms with Gasteiger partial charge in [-0.15, -0.1) is 0 Å².